The molecule has 0 unspecified atom stereocenters. The van der Waals surface area contributed by atoms with Crippen LogP contribution in [0.2, 0.25) is 0 Å². The molecule has 1 fully saturated rings. The number of rotatable bonds is 4. The molecule has 0 radical (unpaired) electrons. The zero-order chi connectivity index (χ0) is 27.8. The first-order valence-electron chi connectivity index (χ1n) is 12.6. The number of halogens is 1. The first-order valence-corrected chi connectivity index (χ1v) is 12.6. The number of pyridine rings is 2. The largest absolute Gasteiger partial charge is 0.353 e. The monoisotopic (exact) mass is 530 g/mol. The molecule has 1 aliphatic heterocycles. The zero-order valence-corrected chi connectivity index (χ0v) is 21.6. The van der Waals surface area contributed by atoms with E-state index in [0.29, 0.717) is 42.8 Å². The summed E-state index contributed by atoms with van der Waals surface area (Å²) >= 11 is 0. The highest BCUT2D eigenvalue weighted by Crippen LogP contribution is 2.32. The standard InChI is InChI=1S/C30H23FN8O/c1-3-20-12-21(4-6-27(20)31)30(40)38-10-8-37(9-11-38)28-7-5-22(15-33-28)26-13-23(25-17-34-36(2)18-25)19-39-29(26)24(14-32)16-35-39/h1,4-7,12-13,15-19H,8-11H2,2H3. The smallest absolute Gasteiger partial charge is 0.254 e. The minimum Gasteiger partial charge on any atom is -0.353 e. The molecule has 40 heavy (non-hydrogen) atoms. The Labute approximate surface area is 229 Å². The van der Waals surface area contributed by atoms with Crippen molar-refractivity contribution in [1.82, 2.24) is 29.3 Å². The number of aromatic nitrogens is 5. The van der Waals surface area contributed by atoms with E-state index in [1.54, 1.807) is 32.7 Å². The van der Waals surface area contributed by atoms with Crippen molar-refractivity contribution in [3.8, 4) is 40.7 Å². The van der Waals surface area contributed by atoms with E-state index in [4.69, 9.17) is 11.4 Å². The third-order valence-electron chi connectivity index (χ3n) is 7.09. The highest BCUT2D eigenvalue weighted by molar-refractivity contribution is 5.95. The number of hydrogen-bond acceptors (Lipinski definition) is 6. The van der Waals surface area contributed by atoms with Gasteiger partial charge in [-0.15, -0.1) is 6.42 Å². The van der Waals surface area contributed by atoms with Crippen molar-refractivity contribution in [2.24, 2.45) is 7.05 Å². The average molecular weight is 531 g/mol. The number of carbonyl (C=O) groups is 1. The van der Waals surface area contributed by atoms with E-state index in [1.807, 2.05) is 37.6 Å². The van der Waals surface area contributed by atoms with Crippen molar-refractivity contribution >= 4 is 17.2 Å². The number of amides is 1. The summed E-state index contributed by atoms with van der Waals surface area (Å²) in [5.74, 6) is 2.38. The molecule has 1 aromatic carbocycles. The van der Waals surface area contributed by atoms with Gasteiger partial charge in [-0.2, -0.15) is 15.5 Å². The molecule has 0 N–H and O–H groups in total. The maximum atomic E-state index is 13.7. The van der Waals surface area contributed by atoms with Crippen molar-refractivity contribution in [3.05, 3.63) is 89.9 Å². The van der Waals surface area contributed by atoms with Gasteiger partial charge in [0.2, 0.25) is 0 Å². The number of benzene rings is 1. The van der Waals surface area contributed by atoms with Crippen LogP contribution in [0.4, 0.5) is 10.2 Å². The predicted octanol–water partition coefficient (Wildman–Crippen LogP) is 3.75. The normalized spacial score (nSPS) is 13.3. The van der Waals surface area contributed by atoms with E-state index in [2.05, 4.69) is 27.1 Å². The van der Waals surface area contributed by atoms with Gasteiger partial charge in [0, 0.05) is 79.6 Å². The quantitative estimate of drug-likeness (QED) is 0.329. The maximum Gasteiger partial charge on any atom is 0.254 e. The Kier molecular flexibility index (Phi) is 6.21. The molecule has 0 atom stereocenters. The fraction of sp³-hybridized carbons (Fsp3) is 0.167. The number of aryl methyl sites for hydroxylation is 1. The molecule has 0 spiro atoms. The molecule has 0 saturated carbocycles. The number of nitrogens with zero attached hydrogens (tertiary/aromatic N) is 8. The lowest BCUT2D eigenvalue weighted by atomic mass is 10.0. The lowest BCUT2D eigenvalue weighted by Crippen LogP contribution is -2.49. The highest BCUT2D eigenvalue weighted by Gasteiger charge is 2.24. The van der Waals surface area contributed by atoms with Crippen LogP contribution >= 0.6 is 0 Å². The first-order chi connectivity index (χ1) is 19.4. The SMILES string of the molecule is C#Cc1cc(C(=O)N2CCN(c3ccc(-c4cc(-c5cnn(C)c5)cn5ncc(C#N)c45)cn3)CC2)ccc1F. The Balaban J connectivity index is 1.23. The van der Waals surface area contributed by atoms with E-state index < -0.39 is 5.82 Å². The van der Waals surface area contributed by atoms with Gasteiger partial charge in [0.1, 0.15) is 17.7 Å². The molecule has 1 amide bonds. The van der Waals surface area contributed by atoms with Crippen LogP contribution in [0, 0.1) is 29.5 Å². The maximum absolute atomic E-state index is 13.7. The summed E-state index contributed by atoms with van der Waals surface area (Å²) in [6, 6.07) is 12.3. The van der Waals surface area contributed by atoms with Crippen molar-refractivity contribution in [3.63, 3.8) is 0 Å². The molecule has 1 saturated heterocycles. The molecule has 0 bridgehead atoms. The summed E-state index contributed by atoms with van der Waals surface area (Å²) < 4.78 is 17.2. The average Bonchev–Trinajstić information content (AvgIpc) is 3.62. The fourth-order valence-electron chi connectivity index (χ4n) is 4.97. The Morgan fingerprint density at radius 2 is 1.77 bits per heavy atom. The van der Waals surface area contributed by atoms with Gasteiger partial charge in [-0.05, 0) is 36.4 Å². The second kappa shape index (κ2) is 10.0. The first kappa shape index (κ1) is 24.8. The Hall–Kier alpha value is -5.48. The number of fused-ring (bicyclic) bond motifs is 1. The number of anilines is 1. The van der Waals surface area contributed by atoms with Crippen LogP contribution in [0.15, 0.2) is 67.4 Å². The predicted molar refractivity (Wildman–Crippen MR) is 148 cm³/mol. The summed E-state index contributed by atoms with van der Waals surface area (Å²) in [5, 5.41) is 18.3. The van der Waals surface area contributed by atoms with Crippen LogP contribution < -0.4 is 4.90 Å². The summed E-state index contributed by atoms with van der Waals surface area (Å²) in [6.45, 7) is 2.20. The zero-order valence-electron chi connectivity index (χ0n) is 21.6. The van der Waals surface area contributed by atoms with Crippen molar-refractivity contribution in [2.75, 3.05) is 31.1 Å². The molecule has 1 aliphatic rings. The van der Waals surface area contributed by atoms with Crippen LogP contribution in [-0.4, -0.2) is 61.4 Å². The van der Waals surface area contributed by atoms with Crippen molar-refractivity contribution in [2.45, 2.75) is 0 Å². The number of carbonyl (C=O) groups excluding carboxylic acids is 1. The van der Waals surface area contributed by atoms with Gasteiger partial charge in [0.25, 0.3) is 5.91 Å². The van der Waals surface area contributed by atoms with E-state index in [0.717, 1.165) is 28.1 Å². The molecule has 9 nitrogen and oxygen atoms in total. The van der Waals surface area contributed by atoms with E-state index >= 15 is 0 Å². The van der Waals surface area contributed by atoms with Crippen LogP contribution in [0.5, 0.6) is 0 Å². The van der Waals surface area contributed by atoms with Crippen LogP contribution in [0.3, 0.4) is 0 Å². The van der Waals surface area contributed by atoms with Crippen molar-refractivity contribution in [1.29, 1.82) is 5.26 Å². The molecular weight excluding hydrogens is 507 g/mol. The summed E-state index contributed by atoms with van der Waals surface area (Å²) in [5.41, 5.74) is 5.20. The van der Waals surface area contributed by atoms with Crippen molar-refractivity contribution < 1.29 is 9.18 Å². The Bertz CT molecular complexity index is 1830. The molecule has 4 aromatic heterocycles. The van der Waals surface area contributed by atoms with Crippen LogP contribution in [-0.2, 0) is 7.05 Å². The molecular formula is C30H23FN8O. The number of nitriles is 1. The molecule has 10 heteroatoms. The third-order valence-corrected chi connectivity index (χ3v) is 7.09. The number of piperazine rings is 1. The van der Waals surface area contributed by atoms with Crippen LogP contribution in [0.1, 0.15) is 21.5 Å². The summed E-state index contributed by atoms with van der Waals surface area (Å²) in [4.78, 5) is 21.5. The molecule has 5 aromatic rings. The van der Waals surface area contributed by atoms with Gasteiger partial charge in [-0.1, -0.05) is 5.92 Å². The van der Waals surface area contributed by atoms with E-state index in [-0.39, 0.29) is 11.5 Å². The molecule has 5 heterocycles. The topological polar surface area (TPSA) is 95.4 Å². The van der Waals surface area contributed by atoms with Crippen LogP contribution in [0.25, 0.3) is 27.8 Å². The van der Waals surface area contributed by atoms with Gasteiger partial charge >= 0.3 is 0 Å². The summed E-state index contributed by atoms with van der Waals surface area (Å²) in [7, 11) is 1.86. The fourth-order valence-corrected chi connectivity index (χ4v) is 4.97. The van der Waals surface area contributed by atoms with Gasteiger partial charge < -0.3 is 9.80 Å². The van der Waals surface area contributed by atoms with Gasteiger partial charge in [0.05, 0.1) is 29.0 Å². The van der Waals surface area contributed by atoms with E-state index in [1.165, 1.54) is 18.2 Å². The van der Waals surface area contributed by atoms with E-state index in [9.17, 15) is 14.4 Å². The lowest BCUT2D eigenvalue weighted by Gasteiger charge is -2.35. The highest BCUT2D eigenvalue weighted by atomic mass is 19.1. The summed E-state index contributed by atoms with van der Waals surface area (Å²) in [6.07, 6.45) is 14.3. The second-order valence-electron chi connectivity index (χ2n) is 9.53. The third kappa shape index (κ3) is 4.42. The lowest BCUT2D eigenvalue weighted by molar-refractivity contribution is 0.0746. The molecule has 6 rings (SSSR count). The van der Waals surface area contributed by atoms with Gasteiger partial charge in [0.15, 0.2) is 0 Å². The van der Waals surface area contributed by atoms with Gasteiger partial charge in [-0.3, -0.25) is 9.48 Å². The second-order valence-corrected chi connectivity index (χ2v) is 9.53. The minimum atomic E-state index is -0.514. The van der Waals surface area contributed by atoms with Gasteiger partial charge in [-0.25, -0.2) is 13.9 Å². The number of terminal acetylenes is 1. The minimum absolute atomic E-state index is 0.0786. The Morgan fingerprint density at radius 1 is 0.950 bits per heavy atom. The molecule has 196 valence electrons. The number of hydrogen-bond donors (Lipinski definition) is 0. The molecule has 0 aliphatic carbocycles. The Morgan fingerprint density at radius 3 is 2.45 bits per heavy atom.